The van der Waals surface area contributed by atoms with Crippen molar-refractivity contribution in [2.24, 2.45) is 5.92 Å². The number of aromatic nitrogens is 1. The highest BCUT2D eigenvalue weighted by Gasteiger charge is 2.30. The Morgan fingerprint density at radius 1 is 1.03 bits per heavy atom. The molecule has 0 saturated heterocycles. The van der Waals surface area contributed by atoms with Gasteiger partial charge in [-0.2, -0.15) is 0 Å². The summed E-state index contributed by atoms with van der Waals surface area (Å²) >= 11 is 0. The second-order valence-electron chi connectivity index (χ2n) is 8.84. The topological polar surface area (TPSA) is 91.8 Å². The lowest BCUT2D eigenvalue weighted by molar-refractivity contribution is -0.153. The lowest BCUT2D eigenvalue weighted by Crippen LogP contribution is -2.28. The number of rotatable bonds is 10. The second kappa shape index (κ2) is 12.3. The summed E-state index contributed by atoms with van der Waals surface area (Å²) in [5.74, 6) is -3.11. The van der Waals surface area contributed by atoms with Crippen LogP contribution in [0, 0.1) is 18.7 Å². The van der Waals surface area contributed by atoms with E-state index in [4.69, 9.17) is 14.2 Å². The fraction of sp³-hybridized carbons (Fsp3) is 0.310. The molecule has 0 radical (unpaired) electrons. The molecule has 7 nitrogen and oxygen atoms in total. The number of halogens is 1. The third-order valence-corrected chi connectivity index (χ3v) is 5.99. The molecule has 0 saturated carbocycles. The van der Waals surface area contributed by atoms with Gasteiger partial charge in [0.1, 0.15) is 11.9 Å². The van der Waals surface area contributed by atoms with Crippen LogP contribution in [-0.4, -0.2) is 35.9 Å². The third-order valence-electron chi connectivity index (χ3n) is 5.99. The second-order valence-corrected chi connectivity index (χ2v) is 8.84. The Hall–Kier alpha value is -4.07. The molecule has 8 heteroatoms. The minimum absolute atomic E-state index is 0.0904. The van der Waals surface area contributed by atoms with Gasteiger partial charge < -0.3 is 14.2 Å². The van der Waals surface area contributed by atoms with Crippen molar-refractivity contribution < 1.29 is 33.0 Å². The molecule has 3 aromatic rings. The highest BCUT2D eigenvalue weighted by Crippen LogP contribution is 2.34. The zero-order valence-electron chi connectivity index (χ0n) is 21.5. The van der Waals surface area contributed by atoms with Crippen LogP contribution < -0.4 is 9.47 Å². The van der Waals surface area contributed by atoms with E-state index in [-0.39, 0.29) is 35.3 Å². The maximum Gasteiger partial charge on any atom is 0.309 e. The van der Waals surface area contributed by atoms with E-state index in [9.17, 15) is 18.8 Å². The Morgan fingerprint density at radius 2 is 1.73 bits per heavy atom. The molecular formula is C29H30FNO6. The number of carbonyl (C=O) groups excluding carboxylic acids is 3. The summed E-state index contributed by atoms with van der Waals surface area (Å²) in [5, 5.41) is 0. The minimum Gasteiger partial charge on any atom is -0.493 e. The molecule has 2 aromatic carbocycles. The lowest BCUT2D eigenvalue weighted by atomic mass is 9.84. The van der Waals surface area contributed by atoms with Gasteiger partial charge >= 0.3 is 11.9 Å². The van der Waals surface area contributed by atoms with Crippen molar-refractivity contribution in [1.29, 1.82) is 0 Å². The number of hydrogen-bond acceptors (Lipinski definition) is 7. The number of hydrogen-bond donors (Lipinski definition) is 0. The van der Waals surface area contributed by atoms with E-state index in [1.165, 1.54) is 38.4 Å². The molecular weight excluding hydrogens is 477 g/mol. The number of pyridine rings is 1. The summed E-state index contributed by atoms with van der Waals surface area (Å²) in [6, 6.07) is 15.5. The first-order valence-electron chi connectivity index (χ1n) is 11.9. The average Bonchev–Trinajstić information content (AvgIpc) is 2.85. The first-order chi connectivity index (χ1) is 17.6. The molecule has 1 heterocycles. The van der Waals surface area contributed by atoms with Crippen LogP contribution in [0.15, 0.2) is 60.8 Å². The van der Waals surface area contributed by atoms with E-state index in [1.54, 1.807) is 19.9 Å². The Balaban J connectivity index is 1.80. The van der Waals surface area contributed by atoms with E-state index < -0.39 is 29.7 Å². The zero-order valence-corrected chi connectivity index (χ0v) is 21.5. The predicted octanol–water partition coefficient (Wildman–Crippen LogP) is 5.44. The quantitative estimate of drug-likeness (QED) is 0.267. The van der Waals surface area contributed by atoms with Gasteiger partial charge in [-0.25, -0.2) is 9.37 Å². The van der Waals surface area contributed by atoms with Crippen LogP contribution in [0.2, 0.25) is 0 Å². The monoisotopic (exact) mass is 507 g/mol. The van der Waals surface area contributed by atoms with Gasteiger partial charge in [0.15, 0.2) is 17.2 Å². The fourth-order valence-corrected chi connectivity index (χ4v) is 4.21. The number of Topliss-reactive ketones (excluding diaryl/α,β-unsaturated/α-hetero) is 1. The van der Waals surface area contributed by atoms with Crippen LogP contribution >= 0.6 is 0 Å². The van der Waals surface area contributed by atoms with Crippen molar-refractivity contribution in [3.63, 3.8) is 0 Å². The molecule has 0 spiro atoms. The number of ether oxygens (including phenoxy) is 3. The van der Waals surface area contributed by atoms with Crippen LogP contribution in [0.5, 0.6) is 11.5 Å². The molecule has 0 amide bonds. The van der Waals surface area contributed by atoms with Crippen LogP contribution in [0.4, 0.5) is 4.39 Å². The highest BCUT2D eigenvalue weighted by atomic mass is 19.1. The first-order valence-corrected chi connectivity index (χ1v) is 11.9. The van der Waals surface area contributed by atoms with Crippen LogP contribution in [0.3, 0.4) is 0 Å². The molecule has 0 aliphatic heterocycles. The predicted molar refractivity (Wildman–Crippen MR) is 135 cm³/mol. The number of benzene rings is 2. The Bertz CT molecular complexity index is 1280. The Kier molecular flexibility index (Phi) is 9.11. The van der Waals surface area contributed by atoms with E-state index in [2.05, 4.69) is 4.98 Å². The highest BCUT2D eigenvalue weighted by molar-refractivity contribution is 5.99. The van der Waals surface area contributed by atoms with Crippen LogP contribution in [0.1, 0.15) is 60.3 Å². The number of methoxy groups -OCH3 is 1. The number of aryl methyl sites for hydroxylation is 1. The maximum absolute atomic E-state index is 13.8. The van der Waals surface area contributed by atoms with Gasteiger partial charge in [0.05, 0.1) is 13.0 Å². The van der Waals surface area contributed by atoms with E-state index >= 15 is 0 Å². The van der Waals surface area contributed by atoms with Gasteiger partial charge in [-0.15, -0.1) is 0 Å². The SMILES string of the molecule is COc1ccnc(C(=O)C[C@@H](C)C(=O)O[C@@H](C)[C@H](c2ccccc2)c2ccc(F)cc2C)c1OC(C)=O. The molecule has 3 atom stereocenters. The molecule has 0 fully saturated rings. The summed E-state index contributed by atoms with van der Waals surface area (Å²) < 4.78 is 29.9. The molecule has 3 rings (SSSR count). The van der Waals surface area contributed by atoms with E-state index in [0.717, 1.165) is 16.7 Å². The largest absolute Gasteiger partial charge is 0.493 e. The summed E-state index contributed by atoms with van der Waals surface area (Å²) in [6.07, 6.45) is 0.536. The standard InChI is InChI=1S/C29H30FNO6/c1-17-15-22(30)11-12-23(17)26(21-9-7-6-8-10-21)19(3)36-29(34)18(2)16-24(33)27-28(37-20(4)32)25(35-5)13-14-31-27/h6-15,18-19,26H,16H2,1-5H3/t18-,19+,26-/m1/s1. The zero-order chi connectivity index (χ0) is 27.1. The normalized spacial score (nSPS) is 13.2. The molecule has 194 valence electrons. The van der Waals surface area contributed by atoms with Crippen molar-refractivity contribution in [1.82, 2.24) is 4.98 Å². The number of nitrogens with zero attached hydrogens (tertiary/aromatic N) is 1. The molecule has 0 N–H and O–H groups in total. The number of ketones is 1. The van der Waals surface area contributed by atoms with Crippen molar-refractivity contribution >= 4 is 17.7 Å². The molecule has 1 aromatic heterocycles. The van der Waals surface area contributed by atoms with Gasteiger partial charge in [-0.05, 0) is 42.7 Å². The molecule has 0 unspecified atom stereocenters. The third kappa shape index (κ3) is 6.78. The fourth-order valence-electron chi connectivity index (χ4n) is 4.21. The number of esters is 2. The Morgan fingerprint density at radius 3 is 2.35 bits per heavy atom. The lowest BCUT2D eigenvalue weighted by Gasteiger charge is -2.27. The first kappa shape index (κ1) is 27.5. The van der Waals surface area contributed by atoms with Crippen molar-refractivity contribution in [3.05, 3.63) is 89.0 Å². The van der Waals surface area contributed by atoms with Gasteiger partial charge in [-0.3, -0.25) is 14.4 Å². The van der Waals surface area contributed by atoms with Gasteiger partial charge in [0, 0.05) is 31.5 Å². The summed E-state index contributed by atoms with van der Waals surface area (Å²) in [4.78, 5) is 41.6. The molecule has 0 aliphatic carbocycles. The van der Waals surface area contributed by atoms with Crippen LogP contribution in [0.25, 0.3) is 0 Å². The van der Waals surface area contributed by atoms with Gasteiger partial charge in [0.2, 0.25) is 5.75 Å². The maximum atomic E-state index is 13.8. The molecule has 0 bridgehead atoms. The average molecular weight is 508 g/mol. The summed E-state index contributed by atoms with van der Waals surface area (Å²) in [6.45, 7) is 6.37. The van der Waals surface area contributed by atoms with E-state index in [0.29, 0.717) is 0 Å². The van der Waals surface area contributed by atoms with Crippen molar-refractivity contribution in [3.8, 4) is 11.5 Å². The van der Waals surface area contributed by atoms with Gasteiger partial charge in [0.25, 0.3) is 0 Å². The molecule has 0 aliphatic rings. The van der Waals surface area contributed by atoms with Crippen LogP contribution in [-0.2, 0) is 14.3 Å². The number of carbonyl (C=O) groups is 3. The summed E-state index contributed by atoms with van der Waals surface area (Å²) in [5.41, 5.74) is 2.38. The molecule has 37 heavy (non-hydrogen) atoms. The van der Waals surface area contributed by atoms with E-state index in [1.807, 2.05) is 37.3 Å². The smallest absolute Gasteiger partial charge is 0.309 e. The van der Waals surface area contributed by atoms with Gasteiger partial charge in [-0.1, -0.05) is 43.3 Å². The minimum atomic E-state index is -0.807. The Labute approximate surface area is 215 Å². The summed E-state index contributed by atoms with van der Waals surface area (Å²) in [7, 11) is 1.38. The van der Waals surface area contributed by atoms with Crippen molar-refractivity contribution in [2.45, 2.75) is 46.1 Å². The van der Waals surface area contributed by atoms with Crippen molar-refractivity contribution in [2.75, 3.05) is 7.11 Å².